The van der Waals surface area contributed by atoms with Crippen LogP contribution in [0.15, 0.2) is 30.7 Å². The Morgan fingerprint density at radius 2 is 2.25 bits per heavy atom. The van der Waals surface area contributed by atoms with Crippen LogP contribution in [0, 0.1) is 0 Å². The summed E-state index contributed by atoms with van der Waals surface area (Å²) >= 11 is 0. The molecule has 0 bridgehead atoms. The summed E-state index contributed by atoms with van der Waals surface area (Å²) in [5.41, 5.74) is 7.06. The fraction of sp³-hybridized carbons (Fsp3) is 0.364. The van der Waals surface area contributed by atoms with Gasteiger partial charge in [0.05, 0.1) is 5.52 Å². The van der Waals surface area contributed by atoms with Crippen LogP contribution in [-0.2, 0) is 0 Å². The molecule has 0 aliphatic carbocycles. The number of hydrogen-bond donors (Lipinski definition) is 1. The van der Waals surface area contributed by atoms with Gasteiger partial charge in [-0.2, -0.15) is 0 Å². The van der Waals surface area contributed by atoms with E-state index in [1.807, 2.05) is 24.7 Å². The summed E-state index contributed by atoms with van der Waals surface area (Å²) in [5, 5.41) is 0. The molecule has 0 amide bonds. The molecule has 0 saturated carbocycles. The Balaban J connectivity index is 0.000000963. The van der Waals surface area contributed by atoms with Gasteiger partial charge in [0.2, 0.25) is 0 Å². The summed E-state index contributed by atoms with van der Waals surface area (Å²) in [5.74, 6) is 1.05. The van der Waals surface area contributed by atoms with Crippen LogP contribution in [0.25, 0.3) is 5.52 Å². The van der Waals surface area contributed by atoms with Gasteiger partial charge in [0.25, 0.3) is 0 Å². The average Bonchev–Trinajstić information content (AvgIpc) is 2.84. The molecule has 2 N–H and O–H groups in total. The molecule has 5 heteroatoms. The Kier molecular flexibility index (Phi) is 3.03. The van der Waals surface area contributed by atoms with E-state index in [0.29, 0.717) is 6.04 Å². The average molecular weight is 239 g/mol. The van der Waals surface area contributed by atoms with Crippen molar-refractivity contribution in [3.8, 4) is 0 Å². The number of halogens is 1. The molecule has 1 aliphatic rings. The number of anilines is 1. The van der Waals surface area contributed by atoms with Gasteiger partial charge in [-0.15, -0.1) is 12.4 Å². The zero-order valence-corrected chi connectivity index (χ0v) is 9.73. The Bertz CT molecular complexity index is 482. The maximum absolute atomic E-state index is 5.91. The second-order valence-electron chi connectivity index (χ2n) is 4.05. The second-order valence-corrected chi connectivity index (χ2v) is 4.05. The van der Waals surface area contributed by atoms with Crippen LogP contribution < -0.4 is 10.6 Å². The van der Waals surface area contributed by atoms with Gasteiger partial charge in [-0.05, 0) is 18.6 Å². The van der Waals surface area contributed by atoms with Crippen molar-refractivity contribution in [3.63, 3.8) is 0 Å². The number of aromatic nitrogens is 2. The molecule has 1 saturated heterocycles. The predicted molar refractivity (Wildman–Crippen MR) is 67.2 cm³/mol. The third kappa shape index (κ3) is 1.74. The summed E-state index contributed by atoms with van der Waals surface area (Å²) in [6.45, 7) is 1.93. The summed E-state index contributed by atoms with van der Waals surface area (Å²) in [4.78, 5) is 6.71. The minimum Gasteiger partial charge on any atom is -0.353 e. The molecule has 0 aromatic carbocycles. The molecule has 1 fully saturated rings. The van der Waals surface area contributed by atoms with Gasteiger partial charge in [-0.3, -0.25) is 0 Å². The lowest BCUT2D eigenvalue weighted by atomic mass is 10.3. The van der Waals surface area contributed by atoms with Gasteiger partial charge in [0, 0.05) is 37.7 Å². The maximum Gasteiger partial charge on any atom is 0.152 e. The van der Waals surface area contributed by atoms with Crippen LogP contribution in [0.3, 0.4) is 0 Å². The van der Waals surface area contributed by atoms with E-state index in [1.54, 1.807) is 0 Å². The molecule has 2 aromatic rings. The number of nitrogens with two attached hydrogens (primary N) is 1. The van der Waals surface area contributed by atoms with Crippen molar-refractivity contribution in [1.82, 2.24) is 9.38 Å². The van der Waals surface area contributed by atoms with Crippen LogP contribution in [0.2, 0.25) is 0 Å². The topological polar surface area (TPSA) is 46.6 Å². The van der Waals surface area contributed by atoms with Crippen LogP contribution >= 0.6 is 12.4 Å². The lowest BCUT2D eigenvalue weighted by Crippen LogP contribution is -2.27. The standard InChI is InChI=1S/C11H14N4.ClH/c12-9-3-6-15(8-9)11-10-2-1-5-14(10)7-4-13-11;/h1-2,4-5,7,9H,3,6,8,12H2;1H. The van der Waals surface area contributed by atoms with Gasteiger partial charge in [0.1, 0.15) is 0 Å². The SMILES string of the molecule is Cl.NC1CCN(c2nccn3cccc23)C1. The van der Waals surface area contributed by atoms with Crippen LogP contribution in [0.5, 0.6) is 0 Å². The van der Waals surface area contributed by atoms with E-state index in [2.05, 4.69) is 20.4 Å². The molecule has 4 nitrogen and oxygen atoms in total. The molecule has 16 heavy (non-hydrogen) atoms. The van der Waals surface area contributed by atoms with Gasteiger partial charge < -0.3 is 15.0 Å². The smallest absolute Gasteiger partial charge is 0.152 e. The first-order valence-corrected chi connectivity index (χ1v) is 5.27. The first-order valence-electron chi connectivity index (χ1n) is 5.27. The van der Waals surface area contributed by atoms with E-state index >= 15 is 0 Å². The second kappa shape index (κ2) is 4.31. The zero-order chi connectivity index (χ0) is 10.3. The lowest BCUT2D eigenvalue weighted by molar-refractivity contribution is 0.751. The van der Waals surface area contributed by atoms with Gasteiger partial charge in [0.15, 0.2) is 5.82 Å². The van der Waals surface area contributed by atoms with Crippen LogP contribution in [0.1, 0.15) is 6.42 Å². The highest BCUT2D eigenvalue weighted by Gasteiger charge is 2.21. The monoisotopic (exact) mass is 238 g/mol. The van der Waals surface area contributed by atoms with Gasteiger partial charge >= 0.3 is 0 Å². The Hall–Kier alpha value is -1.26. The normalized spacial score (nSPS) is 20.1. The summed E-state index contributed by atoms with van der Waals surface area (Å²) in [6.07, 6.45) is 6.90. The van der Waals surface area contributed by atoms with E-state index in [4.69, 9.17) is 5.73 Å². The summed E-state index contributed by atoms with van der Waals surface area (Å²) < 4.78 is 2.09. The zero-order valence-electron chi connectivity index (χ0n) is 8.91. The fourth-order valence-corrected chi connectivity index (χ4v) is 2.18. The van der Waals surface area contributed by atoms with Crippen LogP contribution in [0.4, 0.5) is 5.82 Å². The van der Waals surface area contributed by atoms with Gasteiger partial charge in [-0.25, -0.2) is 4.98 Å². The number of nitrogens with zero attached hydrogens (tertiary/aromatic N) is 3. The van der Waals surface area contributed by atoms with Crippen molar-refractivity contribution < 1.29 is 0 Å². The highest BCUT2D eigenvalue weighted by molar-refractivity contribution is 5.85. The quantitative estimate of drug-likeness (QED) is 0.815. The van der Waals surface area contributed by atoms with E-state index in [9.17, 15) is 0 Å². The number of hydrogen-bond acceptors (Lipinski definition) is 3. The Morgan fingerprint density at radius 1 is 1.38 bits per heavy atom. The van der Waals surface area contributed by atoms with E-state index in [-0.39, 0.29) is 12.4 Å². The van der Waals surface area contributed by atoms with E-state index in [1.165, 1.54) is 0 Å². The molecule has 1 atom stereocenters. The van der Waals surface area contributed by atoms with Crippen molar-refractivity contribution in [2.45, 2.75) is 12.5 Å². The summed E-state index contributed by atoms with van der Waals surface area (Å²) in [7, 11) is 0. The largest absolute Gasteiger partial charge is 0.353 e. The first-order chi connectivity index (χ1) is 7.34. The fourth-order valence-electron chi connectivity index (χ4n) is 2.18. The predicted octanol–water partition coefficient (Wildman–Crippen LogP) is 1.29. The third-order valence-corrected chi connectivity index (χ3v) is 2.96. The molecular formula is C11H15ClN4. The van der Waals surface area contributed by atoms with Crippen molar-refractivity contribution >= 4 is 23.7 Å². The van der Waals surface area contributed by atoms with E-state index < -0.39 is 0 Å². The number of rotatable bonds is 1. The molecule has 0 spiro atoms. The van der Waals surface area contributed by atoms with Crippen molar-refractivity contribution in [2.24, 2.45) is 5.73 Å². The molecule has 1 aliphatic heterocycles. The Morgan fingerprint density at radius 3 is 3.00 bits per heavy atom. The maximum atomic E-state index is 5.91. The molecule has 2 aromatic heterocycles. The van der Waals surface area contributed by atoms with E-state index in [0.717, 1.165) is 30.8 Å². The molecule has 86 valence electrons. The summed E-state index contributed by atoms with van der Waals surface area (Å²) in [6, 6.07) is 4.42. The first kappa shape index (κ1) is 11.2. The minimum absolute atomic E-state index is 0. The molecule has 1 unspecified atom stereocenters. The highest BCUT2D eigenvalue weighted by atomic mass is 35.5. The van der Waals surface area contributed by atoms with Crippen molar-refractivity contribution in [1.29, 1.82) is 0 Å². The molecule has 3 heterocycles. The molecule has 0 radical (unpaired) electrons. The molecule has 3 rings (SSSR count). The Labute approximate surface area is 100 Å². The third-order valence-electron chi connectivity index (χ3n) is 2.96. The van der Waals surface area contributed by atoms with Crippen LogP contribution in [-0.4, -0.2) is 28.5 Å². The number of fused-ring (bicyclic) bond motifs is 1. The highest BCUT2D eigenvalue weighted by Crippen LogP contribution is 2.22. The van der Waals surface area contributed by atoms with Crippen molar-refractivity contribution in [3.05, 3.63) is 30.7 Å². The lowest BCUT2D eigenvalue weighted by Gasteiger charge is -2.17. The van der Waals surface area contributed by atoms with Gasteiger partial charge in [-0.1, -0.05) is 0 Å². The molecular weight excluding hydrogens is 224 g/mol. The van der Waals surface area contributed by atoms with Crippen molar-refractivity contribution in [2.75, 3.05) is 18.0 Å². The minimum atomic E-state index is 0.